The molecular formula is C23H27N7O. The van der Waals surface area contributed by atoms with Gasteiger partial charge in [-0.2, -0.15) is 0 Å². The maximum atomic E-state index is 13.2. The lowest BCUT2D eigenvalue weighted by atomic mass is 10.1. The first kappa shape index (κ1) is 21.9. The molecule has 0 aliphatic carbocycles. The van der Waals surface area contributed by atoms with Crippen molar-refractivity contribution in [1.82, 2.24) is 24.8 Å². The second-order valence-corrected chi connectivity index (χ2v) is 7.32. The number of pyridine rings is 2. The van der Waals surface area contributed by atoms with Crippen LogP contribution in [0, 0.1) is 6.92 Å². The Morgan fingerprint density at radius 2 is 1.77 bits per heavy atom. The average Bonchev–Trinajstić information content (AvgIpc) is 2.77. The lowest BCUT2D eigenvalue weighted by Crippen LogP contribution is -2.28. The number of nitrogens with zero attached hydrogens (tertiary/aromatic N) is 6. The molecule has 8 nitrogen and oxygen atoms in total. The first-order valence-corrected chi connectivity index (χ1v) is 9.96. The van der Waals surface area contributed by atoms with Crippen LogP contribution in [-0.4, -0.2) is 51.9 Å². The minimum absolute atomic E-state index is 0.145. The highest BCUT2D eigenvalue weighted by Gasteiger charge is 2.20. The van der Waals surface area contributed by atoms with Crippen molar-refractivity contribution in [2.75, 3.05) is 31.4 Å². The molecule has 0 aliphatic rings. The molecule has 0 fully saturated rings. The molecule has 0 bridgehead atoms. The molecule has 0 spiro atoms. The van der Waals surface area contributed by atoms with Crippen molar-refractivity contribution in [1.29, 1.82) is 0 Å². The minimum Gasteiger partial charge on any atom is -0.362 e. The van der Waals surface area contributed by atoms with Crippen molar-refractivity contribution in [3.63, 3.8) is 0 Å². The summed E-state index contributed by atoms with van der Waals surface area (Å²) in [6.45, 7) is 7.78. The van der Waals surface area contributed by atoms with Gasteiger partial charge in [-0.05, 0) is 43.2 Å². The molecule has 160 valence electrons. The van der Waals surface area contributed by atoms with Crippen LogP contribution in [-0.2, 0) is 0 Å². The number of hydrogen-bond donors (Lipinski definition) is 1. The van der Waals surface area contributed by atoms with Gasteiger partial charge < -0.3 is 15.1 Å². The second-order valence-electron chi connectivity index (χ2n) is 7.32. The third-order valence-electron chi connectivity index (χ3n) is 4.83. The van der Waals surface area contributed by atoms with Crippen LogP contribution in [0.1, 0.15) is 29.5 Å². The fourth-order valence-corrected chi connectivity index (χ4v) is 3.03. The van der Waals surface area contributed by atoms with Crippen LogP contribution < -0.4 is 10.2 Å². The Morgan fingerprint density at radius 3 is 2.45 bits per heavy atom. The molecular weight excluding hydrogens is 390 g/mol. The standard InChI is InChI=1S/C23H27N7O/c1-7-15(2)30(6)23(31)19-12-18(14-26-22(19)29(4)5)17-8-10-25-21(13-17)28-20-9-11-24-16(3)27-20/h8-14H,2,7H2,1,3-6H3,(H,24,25,27,28). The predicted molar refractivity (Wildman–Crippen MR) is 123 cm³/mol. The number of rotatable bonds is 7. The van der Waals surface area contributed by atoms with E-state index in [0.29, 0.717) is 35.3 Å². The second kappa shape index (κ2) is 9.34. The van der Waals surface area contributed by atoms with Crippen LogP contribution in [0.15, 0.2) is 55.1 Å². The van der Waals surface area contributed by atoms with Crippen molar-refractivity contribution in [3.8, 4) is 11.1 Å². The number of carbonyl (C=O) groups excluding carboxylic acids is 1. The number of nitrogens with one attached hydrogen (secondary N) is 1. The van der Waals surface area contributed by atoms with E-state index >= 15 is 0 Å². The summed E-state index contributed by atoms with van der Waals surface area (Å²) in [5.41, 5.74) is 2.95. The van der Waals surface area contributed by atoms with Crippen molar-refractivity contribution >= 4 is 23.4 Å². The van der Waals surface area contributed by atoms with Gasteiger partial charge in [-0.25, -0.2) is 19.9 Å². The summed E-state index contributed by atoms with van der Waals surface area (Å²) in [6.07, 6.45) is 5.85. The third kappa shape index (κ3) is 5.03. The number of aromatic nitrogens is 4. The van der Waals surface area contributed by atoms with Gasteiger partial charge >= 0.3 is 0 Å². The van der Waals surface area contributed by atoms with Crippen LogP contribution in [0.5, 0.6) is 0 Å². The van der Waals surface area contributed by atoms with Crippen LogP contribution >= 0.6 is 0 Å². The van der Waals surface area contributed by atoms with Gasteiger partial charge in [-0.1, -0.05) is 13.5 Å². The van der Waals surface area contributed by atoms with Gasteiger partial charge in [0, 0.05) is 51.0 Å². The van der Waals surface area contributed by atoms with Gasteiger partial charge in [0.2, 0.25) is 0 Å². The maximum absolute atomic E-state index is 13.2. The number of carbonyl (C=O) groups is 1. The highest BCUT2D eigenvalue weighted by atomic mass is 16.2. The number of amides is 1. The van der Waals surface area contributed by atoms with Crippen molar-refractivity contribution in [2.45, 2.75) is 20.3 Å². The minimum atomic E-state index is -0.145. The van der Waals surface area contributed by atoms with E-state index in [1.54, 1.807) is 36.6 Å². The fraction of sp³-hybridized carbons (Fsp3) is 0.261. The topological polar surface area (TPSA) is 87.1 Å². The smallest absolute Gasteiger partial charge is 0.261 e. The summed E-state index contributed by atoms with van der Waals surface area (Å²) in [6, 6.07) is 7.42. The highest BCUT2D eigenvalue weighted by Crippen LogP contribution is 2.27. The predicted octanol–water partition coefficient (Wildman–Crippen LogP) is 4.05. The Hall–Kier alpha value is -3.81. The van der Waals surface area contributed by atoms with Gasteiger partial charge in [0.1, 0.15) is 23.3 Å². The molecule has 0 atom stereocenters. The molecule has 0 saturated carbocycles. The fourth-order valence-electron chi connectivity index (χ4n) is 3.03. The molecule has 0 saturated heterocycles. The monoisotopic (exact) mass is 417 g/mol. The summed E-state index contributed by atoms with van der Waals surface area (Å²) >= 11 is 0. The number of hydrogen-bond acceptors (Lipinski definition) is 7. The lowest BCUT2D eigenvalue weighted by molar-refractivity contribution is 0.0834. The SMILES string of the molecule is C=C(CC)N(C)C(=O)c1cc(-c2ccnc(Nc3ccnc(C)n3)c2)cnc1N(C)C. The first-order chi connectivity index (χ1) is 14.8. The Labute approximate surface area is 182 Å². The van der Waals surface area contributed by atoms with Gasteiger partial charge in [-0.15, -0.1) is 0 Å². The summed E-state index contributed by atoms with van der Waals surface area (Å²) < 4.78 is 0. The quantitative estimate of drug-likeness (QED) is 0.620. The van der Waals surface area contributed by atoms with E-state index in [-0.39, 0.29) is 5.91 Å². The molecule has 0 aromatic carbocycles. The highest BCUT2D eigenvalue weighted by molar-refractivity contribution is 6.00. The van der Waals surface area contributed by atoms with Crippen molar-refractivity contribution in [3.05, 3.63) is 66.5 Å². The summed E-state index contributed by atoms with van der Waals surface area (Å²) in [5.74, 6) is 2.43. The Kier molecular flexibility index (Phi) is 6.59. The van der Waals surface area contributed by atoms with Gasteiger partial charge in [0.05, 0.1) is 5.56 Å². The lowest BCUT2D eigenvalue weighted by Gasteiger charge is -2.22. The van der Waals surface area contributed by atoms with Crippen molar-refractivity contribution in [2.24, 2.45) is 0 Å². The Morgan fingerprint density at radius 1 is 1.03 bits per heavy atom. The van der Waals surface area contributed by atoms with Gasteiger partial charge in [0.15, 0.2) is 0 Å². The van der Waals surface area contributed by atoms with E-state index in [1.165, 1.54) is 0 Å². The molecule has 31 heavy (non-hydrogen) atoms. The van der Waals surface area contributed by atoms with Crippen LogP contribution in [0.25, 0.3) is 11.1 Å². The molecule has 0 aliphatic heterocycles. The number of allylic oxidation sites excluding steroid dienone is 1. The normalized spacial score (nSPS) is 10.5. The zero-order valence-corrected chi connectivity index (χ0v) is 18.5. The number of anilines is 3. The zero-order chi connectivity index (χ0) is 22.5. The van der Waals surface area contributed by atoms with Gasteiger partial charge in [-0.3, -0.25) is 4.79 Å². The molecule has 0 radical (unpaired) electrons. The van der Waals surface area contributed by atoms with Crippen LogP contribution in [0.4, 0.5) is 17.5 Å². The molecule has 0 unspecified atom stereocenters. The van der Waals surface area contributed by atoms with Crippen molar-refractivity contribution < 1.29 is 4.79 Å². The summed E-state index contributed by atoms with van der Waals surface area (Å²) in [7, 11) is 5.47. The summed E-state index contributed by atoms with van der Waals surface area (Å²) in [5, 5.41) is 3.19. The largest absolute Gasteiger partial charge is 0.362 e. The van der Waals surface area contributed by atoms with E-state index in [9.17, 15) is 4.79 Å². The Bertz CT molecular complexity index is 1110. The molecule has 3 rings (SSSR count). The Balaban J connectivity index is 1.98. The molecule has 1 N–H and O–H groups in total. The van der Waals surface area contributed by atoms with Crippen LogP contribution in [0.3, 0.4) is 0 Å². The van der Waals surface area contributed by atoms with E-state index < -0.39 is 0 Å². The third-order valence-corrected chi connectivity index (χ3v) is 4.83. The first-order valence-electron chi connectivity index (χ1n) is 9.96. The molecule has 3 heterocycles. The van der Waals surface area contributed by atoms with E-state index in [1.807, 2.05) is 51.0 Å². The van der Waals surface area contributed by atoms with Gasteiger partial charge in [0.25, 0.3) is 5.91 Å². The van der Waals surface area contributed by atoms with E-state index in [4.69, 9.17) is 0 Å². The zero-order valence-electron chi connectivity index (χ0n) is 18.5. The van der Waals surface area contributed by atoms with Crippen LogP contribution in [0.2, 0.25) is 0 Å². The molecule has 8 heteroatoms. The molecule has 3 aromatic rings. The maximum Gasteiger partial charge on any atom is 0.261 e. The number of aryl methyl sites for hydroxylation is 1. The molecule has 1 amide bonds. The summed E-state index contributed by atoms with van der Waals surface area (Å²) in [4.78, 5) is 33.9. The molecule has 3 aromatic heterocycles. The average molecular weight is 418 g/mol. The van der Waals surface area contributed by atoms with E-state index in [2.05, 4.69) is 31.8 Å². The van der Waals surface area contributed by atoms with E-state index in [0.717, 1.165) is 16.8 Å².